The highest BCUT2D eigenvalue weighted by Crippen LogP contribution is 2.21. The summed E-state index contributed by atoms with van der Waals surface area (Å²) in [4.78, 5) is 0. The zero-order valence-corrected chi connectivity index (χ0v) is 10.8. The minimum atomic E-state index is 0.385. The van der Waals surface area contributed by atoms with E-state index in [4.69, 9.17) is 0 Å². The molecule has 0 heteroatoms. The lowest BCUT2D eigenvalue weighted by atomic mass is 9.87. The van der Waals surface area contributed by atoms with Crippen molar-refractivity contribution in [3.05, 3.63) is 35.4 Å². The van der Waals surface area contributed by atoms with Gasteiger partial charge in [0.05, 0.1) is 0 Å². The largest absolute Gasteiger partial charge is 0.0625 e. The minimum Gasteiger partial charge on any atom is -0.0625 e. The van der Waals surface area contributed by atoms with Crippen LogP contribution in [0.3, 0.4) is 0 Å². The summed E-state index contributed by atoms with van der Waals surface area (Å²) in [5.74, 6) is 0.745. The average molecular weight is 204 g/mol. The summed E-state index contributed by atoms with van der Waals surface area (Å²) in [7, 11) is 0. The monoisotopic (exact) mass is 204 g/mol. The summed E-state index contributed by atoms with van der Waals surface area (Å²) in [6.45, 7) is 11.4. The maximum atomic E-state index is 2.37. The zero-order valence-electron chi connectivity index (χ0n) is 10.8. The van der Waals surface area contributed by atoms with E-state index in [-0.39, 0.29) is 0 Å². The second-order valence-corrected chi connectivity index (χ2v) is 6.16. The van der Waals surface area contributed by atoms with Crippen LogP contribution in [0.4, 0.5) is 0 Å². The van der Waals surface area contributed by atoms with Gasteiger partial charge in [-0.05, 0) is 35.3 Å². The molecule has 0 fully saturated rings. The molecule has 0 amide bonds. The van der Waals surface area contributed by atoms with Crippen molar-refractivity contribution in [1.82, 2.24) is 0 Å². The Balaban J connectivity index is 2.74. The molecule has 15 heavy (non-hydrogen) atoms. The van der Waals surface area contributed by atoms with Gasteiger partial charge in [-0.3, -0.25) is 0 Å². The van der Waals surface area contributed by atoms with Gasteiger partial charge in [-0.15, -0.1) is 0 Å². The van der Waals surface area contributed by atoms with E-state index < -0.39 is 0 Å². The lowest BCUT2D eigenvalue weighted by Crippen LogP contribution is -2.09. The van der Waals surface area contributed by atoms with Crippen LogP contribution in [0.2, 0.25) is 0 Å². The molecule has 1 aromatic carbocycles. The maximum Gasteiger partial charge on any atom is -0.0230 e. The van der Waals surface area contributed by atoms with Crippen LogP contribution < -0.4 is 0 Å². The second kappa shape index (κ2) is 4.83. The molecule has 84 valence electrons. The van der Waals surface area contributed by atoms with E-state index >= 15 is 0 Å². The molecule has 0 aliphatic rings. The molecule has 0 nitrogen and oxygen atoms in total. The lowest BCUT2D eigenvalue weighted by molar-refractivity contribution is 0.411. The summed E-state index contributed by atoms with van der Waals surface area (Å²) in [6, 6.07) is 9.05. The first-order valence-electron chi connectivity index (χ1n) is 5.94. The Labute approximate surface area is 94.7 Å². The Morgan fingerprint density at radius 1 is 1.07 bits per heavy atom. The molecule has 0 radical (unpaired) electrons. The highest BCUT2D eigenvalue weighted by molar-refractivity contribution is 5.24. The first-order valence-corrected chi connectivity index (χ1v) is 5.94. The van der Waals surface area contributed by atoms with Crippen LogP contribution >= 0.6 is 0 Å². The predicted octanol–water partition coefficient (Wildman–Crippen LogP) is 4.47. The van der Waals surface area contributed by atoms with E-state index in [1.165, 1.54) is 24.0 Å². The van der Waals surface area contributed by atoms with Crippen molar-refractivity contribution in [1.29, 1.82) is 0 Å². The van der Waals surface area contributed by atoms with E-state index in [1.54, 1.807) is 0 Å². The van der Waals surface area contributed by atoms with Crippen LogP contribution in [-0.4, -0.2) is 0 Å². The smallest absolute Gasteiger partial charge is 0.0230 e. The molecule has 0 unspecified atom stereocenters. The van der Waals surface area contributed by atoms with Gasteiger partial charge in [-0.25, -0.2) is 0 Å². The predicted molar refractivity (Wildman–Crippen MR) is 68.1 cm³/mol. The second-order valence-electron chi connectivity index (χ2n) is 6.16. The van der Waals surface area contributed by atoms with Crippen molar-refractivity contribution < 1.29 is 0 Å². The van der Waals surface area contributed by atoms with Crippen LogP contribution in [0.1, 0.15) is 45.7 Å². The quantitative estimate of drug-likeness (QED) is 0.681. The summed E-state index contributed by atoms with van der Waals surface area (Å²) in [5.41, 5.74) is 3.34. The summed E-state index contributed by atoms with van der Waals surface area (Å²) >= 11 is 0. The molecule has 0 bridgehead atoms. The molecule has 1 aromatic rings. The third-order valence-electron chi connectivity index (χ3n) is 2.37. The Morgan fingerprint density at radius 3 is 2.20 bits per heavy atom. The molecule has 0 aromatic heterocycles. The van der Waals surface area contributed by atoms with E-state index in [9.17, 15) is 0 Å². The topological polar surface area (TPSA) is 0 Å². The third kappa shape index (κ3) is 5.01. The number of hydrogen-bond acceptors (Lipinski definition) is 0. The third-order valence-corrected chi connectivity index (χ3v) is 2.37. The lowest BCUT2D eigenvalue weighted by Gasteiger charge is -2.18. The van der Waals surface area contributed by atoms with Crippen molar-refractivity contribution >= 4 is 0 Å². The highest BCUT2D eigenvalue weighted by atomic mass is 14.2. The SMILES string of the molecule is CC(C)Cc1cccc(CC(C)(C)C)c1. The molecule has 0 N–H and O–H groups in total. The van der Waals surface area contributed by atoms with Gasteiger partial charge in [0.1, 0.15) is 0 Å². The molecular weight excluding hydrogens is 180 g/mol. The molecule has 0 spiro atoms. The Bertz CT molecular complexity index is 302. The van der Waals surface area contributed by atoms with Crippen LogP contribution in [-0.2, 0) is 12.8 Å². The number of rotatable bonds is 3. The summed E-state index contributed by atoms with van der Waals surface area (Å²) in [5, 5.41) is 0. The van der Waals surface area contributed by atoms with Crippen molar-refractivity contribution in [2.24, 2.45) is 11.3 Å². The minimum absolute atomic E-state index is 0.385. The van der Waals surface area contributed by atoms with Gasteiger partial charge < -0.3 is 0 Å². The highest BCUT2D eigenvalue weighted by Gasteiger charge is 2.11. The molecule has 0 heterocycles. The van der Waals surface area contributed by atoms with Gasteiger partial charge in [0.15, 0.2) is 0 Å². The van der Waals surface area contributed by atoms with E-state index in [1.807, 2.05) is 0 Å². The fraction of sp³-hybridized carbons (Fsp3) is 0.600. The molecular formula is C15H24. The van der Waals surface area contributed by atoms with Crippen molar-refractivity contribution in [3.63, 3.8) is 0 Å². The first-order chi connectivity index (χ1) is 6.87. The molecule has 0 atom stereocenters. The molecule has 0 aliphatic carbocycles. The van der Waals surface area contributed by atoms with Gasteiger partial charge in [0.25, 0.3) is 0 Å². The zero-order chi connectivity index (χ0) is 11.5. The fourth-order valence-corrected chi connectivity index (χ4v) is 1.95. The van der Waals surface area contributed by atoms with Crippen LogP contribution in [0, 0.1) is 11.3 Å². The van der Waals surface area contributed by atoms with Gasteiger partial charge in [-0.1, -0.05) is 58.9 Å². The number of hydrogen-bond donors (Lipinski definition) is 0. The summed E-state index contributed by atoms with van der Waals surface area (Å²) in [6.07, 6.45) is 2.36. The maximum absolute atomic E-state index is 2.37. The Kier molecular flexibility index (Phi) is 3.96. The normalized spacial score (nSPS) is 12.1. The van der Waals surface area contributed by atoms with Crippen molar-refractivity contribution in [2.45, 2.75) is 47.5 Å². The van der Waals surface area contributed by atoms with Crippen LogP contribution in [0.15, 0.2) is 24.3 Å². The van der Waals surface area contributed by atoms with Crippen LogP contribution in [0.5, 0.6) is 0 Å². The molecule has 0 saturated heterocycles. The fourth-order valence-electron chi connectivity index (χ4n) is 1.95. The van der Waals surface area contributed by atoms with Gasteiger partial charge in [0.2, 0.25) is 0 Å². The molecule has 0 saturated carbocycles. The van der Waals surface area contributed by atoms with E-state index in [2.05, 4.69) is 58.9 Å². The summed E-state index contributed by atoms with van der Waals surface area (Å²) < 4.78 is 0. The van der Waals surface area contributed by atoms with E-state index in [0.717, 1.165) is 5.92 Å². The van der Waals surface area contributed by atoms with Gasteiger partial charge in [0, 0.05) is 0 Å². The molecule has 1 rings (SSSR count). The standard InChI is InChI=1S/C15H24/c1-12(2)9-13-7-6-8-14(10-13)11-15(3,4)5/h6-8,10,12H,9,11H2,1-5H3. The molecule has 0 aliphatic heterocycles. The van der Waals surface area contributed by atoms with Crippen molar-refractivity contribution in [2.75, 3.05) is 0 Å². The number of benzene rings is 1. The van der Waals surface area contributed by atoms with Crippen LogP contribution in [0.25, 0.3) is 0 Å². The van der Waals surface area contributed by atoms with Crippen molar-refractivity contribution in [3.8, 4) is 0 Å². The Hall–Kier alpha value is -0.780. The van der Waals surface area contributed by atoms with Gasteiger partial charge in [-0.2, -0.15) is 0 Å². The Morgan fingerprint density at radius 2 is 1.67 bits per heavy atom. The average Bonchev–Trinajstić information content (AvgIpc) is 1.99. The van der Waals surface area contributed by atoms with Gasteiger partial charge >= 0.3 is 0 Å². The first kappa shape index (κ1) is 12.3. The van der Waals surface area contributed by atoms with E-state index in [0.29, 0.717) is 5.41 Å².